The number of isocyanates is 1. The van der Waals surface area contributed by atoms with Gasteiger partial charge < -0.3 is 4.74 Å². The third-order valence-electron chi connectivity index (χ3n) is 3.54. The predicted molar refractivity (Wildman–Crippen MR) is 66.3 cm³/mol. The Kier molecular flexibility index (Phi) is 3.42. The van der Waals surface area contributed by atoms with E-state index in [-0.39, 0.29) is 5.75 Å². The smallest absolute Gasteiger partial charge is 0.235 e. The van der Waals surface area contributed by atoms with E-state index in [1.165, 1.54) is 13.2 Å². The van der Waals surface area contributed by atoms with E-state index in [1.54, 1.807) is 13.0 Å². The zero-order valence-electron chi connectivity index (χ0n) is 10.2. The molecule has 0 aliphatic heterocycles. The van der Waals surface area contributed by atoms with E-state index in [4.69, 9.17) is 16.3 Å². The van der Waals surface area contributed by atoms with Crippen LogP contribution in [0.25, 0.3) is 0 Å². The number of nitrogens with zero attached hydrogens (tertiary/aromatic N) is 1. The van der Waals surface area contributed by atoms with Crippen molar-refractivity contribution in [2.75, 3.05) is 7.11 Å². The Labute approximate surface area is 110 Å². The molecule has 1 aliphatic rings. The minimum Gasteiger partial charge on any atom is -0.493 e. The molecule has 0 aromatic heterocycles. The van der Waals surface area contributed by atoms with Crippen LogP contribution >= 0.6 is 11.6 Å². The van der Waals surface area contributed by atoms with Gasteiger partial charge in [-0.1, -0.05) is 11.6 Å². The second-order valence-electron chi connectivity index (χ2n) is 4.46. The first-order valence-corrected chi connectivity index (χ1v) is 6.05. The molecule has 0 N–H and O–H groups in total. The van der Waals surface area contributed by atoms with Crippen molar-refractivity contribution >= 4 is 17.7 Å². The topological polar surface area (TPSA) is 38.7 Å². The number of aliphatic imine (C=N–C) groups is 1. The summed E-state index contributed by atoms with van der Waals surface area (Å²) in [6, 6.07) is 1.22. The SMILES string of the molecule is COc1c(F)cc(Cl)c(C)c1C1(N=C=O)CCC1. The van der Waals surface area contributed by atoms with Gasteiger partial charge in [0.2, 0.25) is 6.08 Å². The van der Waals surface area contributed by atoms with Crippen LogP contribution in [0.4, 0.5) is 4.39 Å². The second kappa shape index (κ2) is 4.71. The molecule has 1 aromatic rings. The Morgan fingerprint density at radius 2 is 2.22 bits per heavy atom. The van der Waals surface area contributed by atoms with Crippen molar-refractivity contribution < 1.29 is 13.9 Å². The molecular weight excluding hydrogens is 257 g/mol. The van der Waals surface area contributed by atoms with Gasteiger partial charge in [0.05, 0.1) is 7.11 Å². The van der Waals surface area contributed by atoms with E-state index in [0.717, 1.165) is 6.42 Å². The zero-order chi connectivity index (χ0) is 13.3. The number of rotatable bonds is 3. The highest BCUT2D eigenvalue weighted by molar-refractivity contribution is 6.31. The predicted octanol–water partition coefficient (Wildman–Crippen LogP) is 3.51. The van der Waals surface area contributed by atoms with Gasteiger partial charge in [0.25, 0.3) is 0 Å². The molecule has 1 saturated carbocycles. The van der Waals surface area contributed by atoms with Crippen LogP contribution in [-0.2, 0) is 10.3 Å². The second-order valence-corrected chi connectivity index (χ2v) is 4.87. The van der Waals surface area contributed by atoms with Gasteiger partial charge in [-0.2, -0.15) is 4.99 Å². The van der Waals surface area contributed by atoms with E-state index in [2.05, 4.69) is 4.99 Å². The molecule has 1 aromatic carbocycles. The van der Waals surface area contributed by atoms with E-state index in [0.29, 0.717) is 29.0 Å². The molecule has 18 heavy (non-hydrogen) atoms. The highest BCUT2D eigenvalue weighted by Crippen LogP contribution is 2.51. The summed E-state index contributed by atoms with van der Waals surface area (Å²) in [5.41, 5.74) is 0.557. The van der Waals surface area contributed by atoms with Gasteiger partial charge in [0, 0.05) is 10.6 Å². The normalized spacial score (nSPS) is 16.7. The standard InChI is InChI=1S/C13H13ClFNO2/c1-8-9(14)6-10(15)12(18-2)11(8)13(16-7-17)4-3-5-13/h6H,3-5H2,1-2H3. The lowest BCUT2D eigenvalue weighted by Crippen LogP contribution is -2.33. The lowest BCUT2D eigenvalue weighted by molar-refractivity contribution is 0.242. The van der Waals surface area contributed by atoms with E-state index >= 15 is 0 Å². The fourth-order valence-corrected chi connectivity index (χ4v) is 2.66. The first-order chi connectivity index (χ1) is 8.55. The van der Waals surface area contributed by atoms with Crippen molar-refractivity contribution in [2.45, 2.75) is 31.7 Å². The van der Waals surface area contributed by atoms with Gasteiger partial charge in [0.15, 0.2) is 11.6 Å². The van der Waals surface area contributed by atoms with Crippen LogP contribution in [-0.4, -0.2) is 13.2 Å². The summed E-state index contributed by atoms with van der Waals surface area (Å²) in [6.07, 6.45) is 3.87. The Hall–Kier alpha value is -1.38. The fourth-order valence-electron chi connectivity index (χ4n) is 2.47. The van der Waals surface area contributed by atoms with Crippen LogP contribution in [0.3, 0.4) is 0 Å². The van der Waals surface area contributed by atoms with Gasteiger partial charge >= 0.3 is 0 Å². The number of halogens is 2. The Balaban J connectivity index is 2.72. The molecule has 1 fully saturated rings. The summed E-state index contributed by atoms with van der Waals surface area (Å²) in [7, 11) is 1.40. The minimum absolute atomic E-state index is 0.121. The van der Waals surface area contributed by atoms with Crippen LogP contribution in [0.5, 0.6) is 5.75 Å². The number of ether oxygens (including phenoxy) is 1. The van der Waals surface area contributed by atoms with Crippen molar-refractivity contribution in [3.8, 4) is 5.75 Å². The van der Waals surface area contributed by atoms with Crippen molar-refractivity contribution in [2.24, 2.45) is 4.99 Å². The van der Waals surface area contributed by atoms with Crippen LogP contribution in [0.1, 0.15) is 30.4 Å². The number of carbonyl (C=O) groups excluding carboxylic acids is 1. The zero-order valence-corrected chi connectivity index (χ0v) is 11.0. The third-order valence-corrected chi connectivity index (χ3v) is 3.93. The Morgan fingerprint density at radius 3 is 2.67 bits per heavy atom. The van der Waals surface area contributed by atoms with Crippen molar-refractivity contribution in [3.63, 3.8) is 0 Å². The molecule has 1 aliphatic carbocycles. The quantitative estimate of drug-likeness (QED) is 0.622. The summed E-state index contributed by atoms with van der Waals surface area (Å²) >= 11 is 6.00. The first kappa shape index (κ1) is 13.1. The van der Waals surface area contributed by atoms with Gasteiger partial charge in [0.1, 0.15) is 5.54 Å². The van der Waals surface area contributed by atoms with Gasteiger partial charge in [-0.15, -0.1) is 0 Å². The van der Waals surface area contributed by atoms with Crippen LogP contribution in [0.15, 0.2) is 11.1 Å². The van der Waals surface area contributed by atoms with Gasteiger partial charge in [-0.25, -0.2) is 9.18 Å². The van der Waals surface area contributed by atoms with Gasteiger partial charge in [-0.3, -0.25) is 0 Å². The van der Waals surface area contributed by atoms with E-state index in [9.17, 15) is 9.18 Å². The molecule has 3 nitrogen and oxygen atoms in total. The molecule has 2 rings (SSSR count). The largest absolute Gasteiger partial charge is 0.493 e. The summed E-state index contributed by atoms with van der Waals surface area (Å²) in [6.45, 7) is 1.78. The molecule has 0 amide bonds. The molecule has 0 unspecified atom stereocenters. The summed E-state index contributed by atoms with van der Waals surface area (Å²) in [5, 5.41) is 0.315. The Bertz CT molecular complexity index is 534. The van der Waals surface area contributed by atoms with Crippen molar-refractivity contribution in [3.05, 3.63) is 28.0 Å². The first-order valence-electron chi connectivity index (χ1n) is 5.68. The maximum absolute atomic E-state index is 13.9. The van der Waals surface area contributed by atoms with Gasteiger partial charge in [-0.05, 0) is 37.8 Å². The van der Waals surface area contributed by atoms with E-state index < -0.39 is 11.4 Å². The minimum atomic E-state index is -0.719. The summed E-state index contributed by atoms with van der Waals surface area (Å²) < 4.78 is 19.0. The number of hydrogen-bond acceptors (Lipinski definition) is 3. The summed E-state index contributed by atoms with van der Waals surface area (Å²) in [4.78, 5) is 14.5. The lowest BCUT2D eigenvalue weighted by Gasteiger charge is -2.39. The average Bonchev–Trinajstić information content (AvgIpc) is 2.28. The number of benzene rings is 1. The molecule has 0 radical (unpaired) electrons. The molecule has 0 bridgehead atoms. The summed E-state index contributed by atoms with van der Waals surface area (Å²) in [5.74, 6) is -0.411. The highest BCUT2D eigenvalue weighted by atomic mass is 35.5. The van der Waals surface area contributed by atoms with Crippen molar-refractivity contribution in [1.82, 2.24) is 0 Å². The molecule has 0 saturated heterocycles. The maximum Gasteiger partial charge on any atom is 0.235 e. The number of hydrogen-bond donors (Lipinski definition) is 0. The number of methoxy groups -OCH3 is 1. The molecular formula is C13H13ClFNO2. The molecule has 96 valence electrons. The average molecular weight is 270 g/mol. The van der Waals surface area contributed by atoms with Crippen LogP contribution < -0.4 is 4.74 Å². The molecule has 0 atom stereocenters. The maximum atomic E-state index is 13.9. The van der Waals surface area contributed by atoms with Crippen molar-refractivity contribution in [1.29, 1.82) is 0 Å². The Morgan fingerprint density at radius 1 is 1.56 bits per heavy atom. The monoisotopic (exact) mass is 269 g/mol. The molecule has 5 heteroatoms. The fraction of sp³-hybridized carbons (Fsp3) is 0.462. The molecule has 0 heterocycles. The van der Waals surface area contributed by atoms with E-state index in [1.807, 2.05) is 0 Å². The highest BCUT2D eigenvalue weighted by Gasteiger charge is 2.43. The lowest BCUT2D eigenvalue weighted by atomic mass is 9.70. The molecule has 0 spiro atoms. The third kappa shape index (κ3) is 1.82. The van der Waals surface area contributed by atoms with Crippen LogP contribution in [0, 0.1) is 12.7 Å². The van der Waals surface area contributed by atoms with Crippen LogP contribution in [0.2, 0.25) is 5.02 Å².